The summed E-state index contributed by atoms with van der Waals surface area (Å²) in [7, 11) is 1.65. The molecule has 0 spiro atoms. The number of hydrogen-bond acceptors (Lipinski definition) is 2. The average Bonchev–Trinajstić information content (AvgIpc) is 2.76. The summed E-state index contributed by atoms with van der Waals surface area (Å²) in [5.74, 6) is 0.804. The summed E-state index contributed by atoms with van der Waals surface area (Å²) >= 11 is 11.6. The van der Waals surface area contributed by atoms with Crippen LogP contribution in [0.1, 0.15) is 5.56 Å². The monoisotopic (exact) mass is 304 g/mol. The SMILES string of the molecule is COc1ccc2c(c1)[nH]c(=S)n2Cc1ccccc1Cl. The fourth-order valence-electron chi connectivity index (χ4n) is 2.22. The lowest BCUT2D eigenvalue weighted by atomic mass is 10.2. The Kier molecular flexibility index (Phi) is 3.51. The number of ether oxygens (including phenoxy) is 1. The number of rotatable bonds is 3. The normalized spacial score (nSPS) is 10.9. The van der Waals surface area contributed by atoms with Crippen molar-refractivity contribution in [1.29, 1.82) is 0 Å². The Morgan fingerprint density at radius 1 is 1.25 bits per heavy atom. The molecule has 0 aliphatic rings. The molecule has 0 radical (unpaired) electrons. The molecule has 20 heavy (non-hydrogen) atoms. The molecule has 1 aromatic heterocycles. The molecule has 0 saturated carbocycles. The van der Waals surface area contributed by atoms with E-state index in [1.54, 1.807) is 7.11 Å². The fraction of sp³-hybridized carbons (Fsp3) is 0.133. The minimum absolute atomic E-state index is 0.644. The standard InChI is InChI=1S/C15H13ClN2OS/c1-19-11-6-7-14-13(8-11)17-15(20)18(14)9-10-4-2-3-5-12(10)16/h2-8H,9H2,1H3,(H,17,20). The van der Waals surface area contributed by atoms with E-state index in [1.807, 2.05) is 47.0 Å². The van der Waals surface area contributed by atoms with Crippen molar-refractivity contribution >= 4 is 34.9 Å². The highest BCUT2D eigenvalue weighted by Gasteiger charge is 2.08. The Labute approximate surface area is 126 Å². The summed E-state index contributed by atoms with van der Waals surface area (Å²) in [6.45, 7) is 0.644. The van der Waals surface area contributed by atoms with Gasteiger partial charge in [-0.1, -0.05) is 29.8 Å². The van der Waals surface area contributed by atoms with Gasteiger partial charge in [-0.15, -0.1) is 0 Å². The molecule has 0 bridgehead atoms. The molecule has 3 rings (SSSR count). The zero-order valence-electron chi connectivity index (χ0n) is 10.9. The summed E-state index contributed by atoms with van der Waals surface area (Å²) in [5.41, 5.74) is 3.04. The maximum Gasteiger partial charge on any atom is 0.178 e. The van der Waals surface area contributed by atoms with Gasteiger partial charge in [-0.2, -0.15) is 0 Å². The molecule has 0 unspecified atom stereocenters. The van der Waals surface area contributed by atoms with Crippen LogP contribution in [0.5, 0.6) is 5.75 Å². The van der Waals surface area contributed by atoms with Gasteiger partial charge in [0, 0.05) is 11.1 Å². The Hall–Kier alpha value is -1.78. The van der Waals surface area contributed by atoms with E-state index in [2.05, 4.69) is 4.98 Å². The predicted molar refractivity (Wildman–Crippen MR) is 84.2 cm³/mol. The van der Waals surface area contributed by atoms with Crippen LogP contribution in [-0.4, -0.2) is 16.7 Å². The van der Waals surface area contributed by atoms with Gasteiger partial charge >= 0.3 is 0 Å². The molecule has 3 nitrogen and oxygen atoms in total. The number of halogens is 1. The van der Waals surface area contributed by atoms with Gasteiger partial charge in [0.25, 0.3) is 0 Å². The maximum atomic E-state index is 6.21. The van der Waals surface area contributed by atoms with Crippen LogP contribution in [0, 0.1) is 4.77 Å². The third kappa shape index (κ3) is 2.32. The number of hydrogen-bond donors (Lipinski definition) is 1. The van der Waals surface area contributed by atoms with Crippen molar-refractivity contribution in [2.45, 2.75) is 6.54 Å². The van der Waals surface area contributed by atoms with Gasteiger partial charge < -0.3 is 14.3 Å². The van der Waals surface area contributed by atoms with Crippen LogP contribution in [-0.2, 0) is 6.54 Å². The molecule has 102 valence electrons. The first-order chi connectivity index (χ1) is 9.69. The van der Waals surface area contributed by atoms with Crippen molar-refractivity contribution in [3.8, 4) is 5.75 Å². The second-order valence-electron chi connectivity index (χ2n) is 4.49. The van der Waals surface area contributed by atoms with E-state index >= 15 is 0 Å². The summed E-state index contributed by atoms with van der Waals surface area (Å²) in [4.78, 5) is 3.20. The number of benzene rings is 2. The minimum atomic E-state index is 0.644. The lowest BCUT2D eigenvalue weighted by molar-refractivity contribution is 0.415. The third-order valence-electron chi connectivity index (χ3n) is 3.27. The largest absolute Gasteiger partial charge is 0.497 e. The number of aromatic nitrogens is 2. The Balaban J connectivity index is 2.10. The van der Waals surface area contributed by atoms with Crippen LogP contribution in [0.3, 0.4) is 0 Å². The van der Waals surface area contributed by atoms with Crippen LogP contribution in [0.2, 0.25) is 5.02 Å². The lowest BCUT2D eigenvalue weighted by Gasteiger charge is -2.07. The van der Waals surface area contributed by atoms with Crippen molar-refractivity contribution < 1.29 is 4.74 Å². The molecule has 3 aromatic rings. The molecule has 1 N–H and O–H groups in total. The second kappa shape index (κ2) is 5.31. The van der Waals surface area contributed by atoms with E-state index < -0.39 is 0 Å². The number of nitrogens with one attached hydrogen (secondary N) is 1. The van der Waals surface area contributed by atoms with E-state index in [0.29, 0.717) is 11.3 Å². The van der Waals surface area contributed by atoms with Gasteiger partial charge in [0.1, 0.15) is 5.75 Å². The van der Waals surface area contributed by atoms with Gasteiger partial charge in [-0.05, 0) is 36.0 Å². The summed E-state index contributed by atoms with van der Waals surface area (Å²) < 4.78 is 7.93. The number of aromatic amines is 1. The minimum Gasteiger partial charge on any atom is -0.497 e. The van der Waals surface area contributed by atoms with Crippen molar-refractivity contribution in [3.05, 3.63) is 57.8 Å². The molecule has 5 heteroatoms. The lowest BCUT2D eigenvalue weighted by Crippen LogP contribution is -2.00. The van der Waals surface area contributed by atoms with Crippen molar-refractivity contribution in [2.75, 3.05) is 7.11 Å². The van der Waals surface area contributed by atoms with Crippen LogP contribution >= 0.6 is 23.8 Å². The van der Waals surface area contributed by atoms with Crippen LogP contribution < -0.4 is 4.74 Å². The smallest absolute Gasteiger partial charge is 0.178 e. The molecule has 0 saturated heterocycles. The van der Waals surface area contributed by atoms with Crippen LogP contribution in [0.4, 0.5) is 0 Å². The van der Waals surface area contributed by atoms with E-state index in [0.717, 1.165) is 27.4 Å². The first kappa shape index (κ1) is 13.2. The quantitative estimate of drug-likeness (QED) is 0.726. The summed E-state index contributed by atoms with van der Waals surface area (Å²) in [6.07, 6.45) is 0. The highest BCUT2D eigenvalue weighted by Crippen LogP contribution is 2.23. The van der Waals surface area contributed by atoms with E-state index in [4.69, 9.17) is 28.6 Å². The molecular formula is C15H13ClN2OS. The zero-order chi connectivity index (χ0) is 14.1. The first-order valence-electron chi connectivity index (χ1n) is 6.19. The maximum absolute atomic E-state index is 6.21. The van der Waals surface area contributed by atoms with Gasteiger partial charge in [-0.25, -0.2) is 0 Å². The first-order valence-corrected chi connectivity index (χ1v) is 6.97. The Morgan fingerprint density at radius 2 is 2.05 bits per heavy atom. The summed E-state index contributed by atoms with van der Waals surface area (Å²) in [6, 6.07) is 13.7. The van der Waals surface area contributed by atoms with Crippen molar-refractivity contribution in [1.82, 2.24) is 9.55 Å². The number of imidazole rings is 1. The number of methoxy groups -OCH3 is 1. The van der Waals surface area contributed by atoms with Gasteiger partial charge in [-0.3, -0.25) is 0 Å². The van der Waals surface area contributed by atoms with Gasteiger partial charge in [0.15, 0.2) is 4.77 Å². The molecule has 0 amide bonds. The topological polar surface area (TPSA) is 29.9 Å². The summed E-state index contributed by atoms with van der Waals surface area (Å²) in [5, 5.41) is 0.747. The van der Waals surface area contributed by atoms with E-state index in [-0.39, 0.29) is 0 Å². The highest BCUT2D eigenvalue weighted by atomic mass is 35.5. The fourth-order valence-corrected chi connectivity index (χ4v) is 2.69. The number of H-pyrrole nitrogens is 1. The molecule has 0 fully saturated rings. The Bertz CT molecular complexity index is 822. The Morgan fingerprint density at radius 3 is 2.80 bits per heavy atom. The highest BCUT2D eigenvalue weighted by molar-refractivity contribution is 7.71. The van der Waals surface area contributed by atoms with Crippen molar-refractivity contribution in [2.24, 2.45) is 0 Å². The van der Waals surface area contributed by atoms with E-state index in [1.165, 1.54) is 0 Å². The zero-order valence-corrected chi connectivity index (χ0v) is 12.5. The average molecular weight is 305 g/mol. The molecule has 0 atom stereocenters. The third-order valence-corrected chi connectivity index (χ3v) is 3.96. The molecule has 2 aromatic carbocycles. The van der Waals surface area contributed by atoms with Gasteiger partial charge in [0.05, 0.1) is 24.7 Å². The number of nitrogens with zero attached hydrogens (tertiary/aromatic N) is 1. The van der Waals surface area contributed by atoms with Crippen LogP contribution in [0.15, 0.2) is 42.5 Å². The van der Waals surface area contributed by atoms with E-state index in [9.17, 15) is 0 Å². The number of fused-ring (bicyclic) bond motifs is 1. The molecule has 0 aliphatic carbocycles. The second-order valence-corrected chi connectivity index (χ2v) is 5.28. The predicted octanol–water partition coefficient (Wildman–Crippen LogP) is 4.41. The molecule has 1 heterocycles. The molecular weight excluding hydrogens is 292 g/mol. The van der Waals surface area contributed by atoms with Crippen LogP contribution in [0.25, 0.3) is 11.0 Å². The van der Waals surface area contributed by atoms with Crippen molar-refractivity contribution in [3.63, 3.8) is 0 Å². The van der Waals surface area contributed by atoms with Gasteiger partial charge in [0.2, 0.25) is 0 Å². The molecule has 0 aliphatic heterocycles.